The Kier molecular flexibility index (Phi) is 6.19. The second-order valence-electron chi connectivity index (χ2n) is 7.22. The van der Waals surface area contributed by atoms with Crippen molar-refractivity contribution < 1.29 is 23.9 Å². The molecule has 1 saturated heterocycles. The number of aryl methyl sites for hydroxylation is 1. The molecule has 2 unspecified atom stereocenters. The minimum Gasteiger partial charge on any atom is -0.444 e. The summed E-state index contributed by atoms with van der Waals surface area (Å²) in [6, 6.07) is -0.327. The number of aromatic nitrogens is 2. The summed E-state index contributed by atoms with van der Waals surface area (Å²) in [7, 11) is 3.17. The molecule has 10 nitrogen and oxygen atoms in total. The Morgan fingerprint density at radius 2 is 2.15 bits per heavy atom. The molecular weight excluding hydrogens is 344 g/mol. The van der Waals surface area contributed by atoms with Crippen LogP contribution in [0.1, 0.15) is 45.4 Å². The summed E-state index contributed by atoms with van der Waals surface area (Å²) in [5.41, 5.74) is -0.279. The maximum atomic E-state index is 12.1. The maximum absolute atomic E-state index is 12.1. The van der Waals surface area contributed by atoms with E-state index in [1.165, 1.54) is 18.0 Å². The van der Waals surface area contributed by atoms with E-state index in [4.69, 9.17) is 14.2 Å². The first-order valence-corrected chi connectivity index (χ1v) is 8.42. The molecule has 1 amide bonds. The van der Waals surface area contributed by atoms with Crippen molar-refractivity contribution in [3.05, 3.63) is 22.0 Å². The summed E-state index contributed by atoms with van der Waals surface area (Å²) < 4.78 is 18.0. The van der Waals surface area contributed by atoms with Gasteiger partial charge in [-0.25, -0.2) is 4.79 Å². The summed E-state index contributed by atoms with van der Waals surface area (Å²) in [6.07, 6.45) is 0.777. The van der Waals surface area contributed by atoms with Crippen LogP contribution >= 0.6 is 0 Å². The molecule has 0 spiro atoms. The Bertz CT molecular complexity index is 654. The van der Waals surface area contributed by atoms with E-state index in [9.17, 15) is 14.9 Å². The van der Waals surface area contributed by atoms with Gasteiger partial charge in [0, 0.05) is 14.2 Å². The predicted molar refractivity (Wildman–Crippen MR) is 91.7 cm³/mol. The van der Waals surface area contributed by atoms with Crippen LogP contribution in [0.25, 0.3) is 0 Å². The van der Waals surface area contributed by atoms with Gasteiger partial charge in [-0.3, -0.25) is 14.8 Å². The van der Waals surface area contributed by atoms with E-state index in [2.05, 4.69) is 10.4 Å². The molecule has 0 aliphatic carbocycles. The Labute approximate surface area is 151 Å². The number of hydrogen-bond acceptors (Lipinski definition) is 7. The first-order valence-electron chi connectivity index (χ1n) is 8.42. The van der Waals surface area contributed by atoms with Crippen molar-refractivity contribution in [3.8, 4) is 0 Å². The molecule has 0 aromatic carbocycles. The van der Waals surface area contributed by atoms with Crippen LogP contribution in [0, 0.1) is 10.1 Å². The van der Waals surface area contributed by atoms with Gasteiger partial charge in [0.25, 0.3) is 0 Å². The summed E-state index contributed by atoms with van der Waals surface area (Å²) in [4.78, 5) is 22.8. The standard InChI is InChI=1S/C16H26N4O6/c1-16(2,3)26-15(21)18-10-6-7-12(25-9-13(10)24-5)14-11(20(22)23)8-17-19(14)4/h8,10,12-13H,6-7,9H2,1-5H3,(H,18,21)/t10?,12?,13-/m0/s1. The molecule has 2 rings (SSSR count). The Balaban J connectivity index is 2.12. The van der Waals surface area contributed by atoms with Crippen molar-refractivity contribution in [3.63, 3.8) is 0 Å². The van der Waals surface area contributed by atoms with E-state index in [1.54, 1.807) is 27.8 Å². The average Bonchev–Trinajstić information content (AvgIpc) is 2.79. The van der Waals surface area contributed by atoms with Gasteiger partial charge < -0.3 is 19.5 Å². The van der Waals surface area contributed by atoms with Crippen molar-refractivity contribution in [1.82, 2.24) is 15.1 Å². The van der Waals surface area contributed by atoms with E-state index in [1.807, 2.05) is 0 Å². The monoisotopic (exact) mass is 370 g/mol. The van der Waals surface area contributed by atoms with Crippen LogP contribution in [-0.4, -0.2) is 52.3 Å². The molecule has 2 heterocycles. The van der Waals surface area contributed by atoms with Gasteiger partial charge in [0.2, 0.25) is 0 Å². The molecule has 146 valence electrons. The van der Waals surface area contributed by atoms with Gasteiger partial charge in [0.05, 0.1) is 17.6 Å². The molecule has 0 radical (unpaired) electrons. The highest BCUT2D eigenvalue weighted by atomic mass is 16.6. The molecule has 0 bridgehead atoms. The lowest BCUT2D eigenvalue weighted by Crippen LogP contribution is -2.46. The van der Waals surface area contributed by atoms with E-state index in [0.29, 0.717) is 18.5 Å². The first-order chi connectivity index (χ1) is 12.1. The largest absolute Gasteiger partial charge is 0.444 e. The molecule has 1 N–H and O–H groups in total. The Hall–Kier alpha value is -2.20. The lowest BCUT2D eigenvalue weighted by molar-refractivity contribution is -0.386. The van der Waals surface area contributed by atoms with E-state index >= 15 is 0 Å². The second-order valence-corrected chi connectivity index (χ2v) is 7.22. The fourth-order valence-electron chi connectivity index (χ4n) is 2.95. The number of ether oxygens (including phenoxy) is 3. The van der Waals surface area contributed by atoms with E-state index in [-0.39, 0.29) is 24.4 Å². The number of nitro groups is 1. The number of hydrogen-bond donors (Lipinski definition) is 1. The van der Waals surface area contributed by atoms with Crippen molar-refractivity contribution in [2.75, 3.05) is 13.7 Å². The van der Waals surface area contributed by atoms with Crippen LogP contribution in [-0.2, 0) is 21.3 Å². The van der Waals surface area contributed by atoms with Crippen LogP contribution in [0.15, 0.2) is 6.20 Å². The molecule has 1 aromatic heterocycles. The molecule has 10 heteroatoms. The van der Waals surface area contributed by atoms with Crippen LogP contribution in [0.3, 0.4) is 0 Å². The van der Waals surface area contributed by atoms with Gasteiger partial charge in [-0.05, 0) is 33.6 Å². The molecule has 0 saturated carbocycles. The number of nitrogens with one attached hydrogen (secondary N) is 1. The zero-order valence-electron chi connectivity index (χ0n) is 15.7. The molecule has 1 aliphatic rings. The lowest BCUT2D eigenvalue weighted by Gasteiger charge is -2.26. The van der Waals surface area contributed by atoms with Crippen molar-refractivity contribution >= 4 is 11.8 Å². The summed E-state index contributed by atoms with van der Waals surface area (Å²) in [5.74, 6) is 0. The lowest BCUT2D eigenvalue weighted by atomic mass is 10.0. The maximum Gasteiger partial charge on any atom is 0.407 e. The third-order valence-electron chi connectivity index (χ3n) is 4.12. The quantitative estimate of drug-likeness (QED) is 0.637. The normalized spacial score (nSPS) is 24.0. The fraction of sp³-hybridized carbons (Fsp3) is 0.750. The highest BCUT2D eigenvalue weighted by molar-refractivity contribution is 5.68. The number of carbonyl (C=O) groups excluding carboxylic acids is 1. The van der Waals surface area contributed by atoms with Gasteiger partial charge >= 0.3 is 11.8 Å². The van der Waals surface area contributed by atoms with Gasteiger partial charge in [-0.1, -0.05) is 0 Å². The number of carbonyl (C=O) groups is 1. The highest BCUT2D eigenvalue weighted by Crippen LogP contribution is 2.33. The molecule has 1 aliphatic heterocycles. The minimum atomic E-state index is -0.605. The van der Waals surface area contributed by atoms with Crippen LogP contribution in [0.2, 0.25) is 0 Å². The zero-order chi connectivity index (χ0) is 19.5. The summed E-state index contributed by atoms with van der Waals surface area (Å²) in [5, 5.41) is 18.0. The van der Waals surface area contributed by atoms with Crippen molar-refractivity contribution in [2.45, 2.75) is 57.5 Å². The summed E-state index contributed by atoms with van der Waals surface area (Å²) in [6.45, 7) is 5.54. The highest BCUT2D eigenvalue weighted by Gasteiger charge is 2.35. The number of alkyl carbamates (subject to hydrolysis) is 1. The number of nitrogens with zero attached hydrogens (tertiary/aromatic N) is 3. The zero-order valence-corrected chi connectivity index (χ0v) is 15.7. The molecule has 26 heavy (non-hydrogen) atoms. The fourth-order valence-corrected chi connectivity index (χ4v) is 2.95. The van der Waals surface area contributed by atoms with Gasteiger partial charge in [0.1, 0.15) is 29.7 Å². The number of rotatable bonds is 4. The second kappa shape index (κ2) is 8.00. The molecule has 1 fully saturated rings. The predicted octanol–water partition coefficient (Wildman–Crippen LogP) is 2.09. The Morgan fingerprint density at radius 1 is 1.46 bits per heavy atom. The average molecular weight is 370 g/mol. The van der Waals surface area contributed by atoms with Crippen molar-refractivity contribution in [2.24, 2.45) is 7.05 Å². The molecular formula is C16H26N4O6. The third kappa shape index (κ3) is 4.92. The van der Waals surface area contributed by atoms with E-state index < -0.39 is 22.7 Å². The van der Waals surface area contributed by atoms with Crippen LogP contribution < -0.4 is 5.32 Å². The van der Waals surface area contributed by atoms with Crippen LogP contribution in [0.5, 0.6) is 0 Å². The minimum absolute atomic E-state index is 0.0787. The molecule has 3 atom stereocenters. The Morgan fingerprint density at radius 3 is 2.73 bits per heavy atom. The first kappa shape index (κ1) is 20.1. The van der Waals surface area contributed by atoms with Gasteiger partial charge in [-0.2, -0.15) is 5.10 Å². The van der Waals surface area contributed by atoms with Crippen LogP contribution in [0.4, 0.5) is 10.5 Å². The molecule has 1 aromatic rings. The number of amides is 1. The van der Waals surface area contributed by atoms with Crippen molar-refractivity contribution in [1.29, 1.82) is 0 Å². The topological polar surface area (TPSA) is 118 Å². The number of methoxy groups -OCH3 is 1. The smallest absolute Gasteiger partial charge is 0.407 e. The third-order valence-corrected chi connectivity index (χ3v) is 4.12. The SMILES string of the molecule is CO[C@H]1COC(c2c([N+](=O)[O-])cnn2C)CCC1NC(=O)OC(C)(C)C. The summed E-state index contributed by atoms with van der Waals surface area (Å²) >= 11 is 0. The van der Waals surface area contributed by atoms with Gasteiger partial charge in [0.15, 0.2) is 0 Å². The van der Waals surface area contributed by atoms with Gasteiger partial charge in [-0.15, -0.1) is 0 Å². The van der Waals surface area contributed by atoms with E-state index in [0.717, 1.165) is 0 Å².